The summed E-state index contributed by atoms with van der Waals surface area (Å²) >= 11 is 0. The molecule has 28 heavy (non-hydrogen) atoms. The van der Waals surface area contributed by atoms with E-state index in [1.165, 1.54) is 0 Å². The first-order chi connectivity index (χ1) is 13.5. The van der Waals surface area contributed by atoms with E-state index in [0.29, 0.717) is 23.4 Å². The molecule has 0 spiro atoms. The van der Waals surface area contributed by atoms with Crippen LogP contribution in [0.1, 0.15) is 48.0 Å². The van der Waals surface area contributed by atoms with Crippen molar-refractivity contribution >= 4 is 17.5 Å². The molecular formula is C22H23N3O3. The molecule has 0 saturated carbocycles. The molecule has 0 fully saturated rings. The average Bonchev–Trinajstić information content (AvgIpc) is 3.10. The van der Waals surface area contributed by atoms with E-state index in [-0.39, 0.29) is 17.9 Å². The number of hydrogen-bond donors (Lipinski definition) is 2. The quantitative estimate of drug-likeness (QED) is 0.663. The molecule has 1 heterocycles. The molecule has 1 aromatic heterocycles. The van der Waals surface area contributed by atoms with Crippen molar-refractivity contribution in [2.75, 3.05) is 5.32 Å². The predicted octanol–water partition coefficient (Wildman–Crippen LogP) is 4.49. The Morgan fingerprint density at radius 3 is 2.39 bits per heavy atom. The number of aryl methyl sites for hydroxylation is 1. The summed E-state index contributed by atoms with van der Waals surface area (Å²) in [7, 11) is 0. The van der Waals surface area contributed by atoms with Gasteiger partial charge in [0.2, 0.25) is 5.91 Å². The highest BCUT2D eigenvalue weighted by Crippen LogP contribution is 2.26. The maximum Gasteiger partial charge on any atom is 0.257 e. The van der Waals surface area contributed by atoms with E-state index in [1.54, 1.807) is 13.8 Å². The van der Waals surface area contributed by atoms with Gasteiger partial charge in [-0.3, -0.25) is 9.59 Å². The van der Waals surface area contributed by atoms with Crippen LogP contribution in [0, 0.1) is 6.92 Å². The zero-order chi connectivity index (χ0) is 20.1. The molecule has 6 nitrogen and oxygen atoms in total. The summed E-state index contributed by atoms with van der Waals surface area (Å²) < 4.78 is 5.27. The van der Waals surface area contributed by atoms with Crippen molar-refractivity contribution in [2.24, 2.45) is 0 Å². The van der Waals surface area contributed by atoms with Crippen molar-refractivity contribution in [3.63, 3.8) is 0 Å². The Bertz CT molecular complexity index is 962. The summed E-state index contributed by atoms with van der Waals surface area (Å²) in [5.74, 6) is 0.195. The van der Waals surface area contributed by atoms with Crippen LogP contribution in [0.15, 0.2) is 59.1 Å². The Balaban J connectivity index is 1.75. The molecule has 1 atom stereocenters. The molecule has 0 bridgehead atoms. The lowest BCUT2D eigenvalue weighted by Gasteiger charge is -2.15. The van der Waals surface area contributed by atoms with Crippen LogP contribution in [0.25, 0.3) is 11.3 Å². The van der Waals surface area contributed by atoms with E-state index in [1.807, 2.05) is 61.5 Å². The molecule has 6 heteroatoms. The maximum atomic E-state index is 12.9. The number of hydrogen-bond acceptors (Lipinski definition) is 4. The van der Waals surface area contributed by atoms with Gasteiger partial charge in [-0.15, -0.1) is 0 Å². The third kappa shape index (κ3) is 4.28. The van der Waals surface area contributed by atoms with Crippen molar-refractivity contribution in [2.45, 2.75) is 33.2 Å². The zero-order valence-electron chi connectivity index (χ0n) is 16.2. The number of benzene rings is 2. The molecule has 1 unspecified atom stereocenters. The molecular weight excluding hydrogens is 354 g/mol. The Kier molecular flexibility index (Phi) is 5.89. The fourth-order valence-corrected chi connectivity index (χ4v) is 2.89. The van der Waals surface area contributed by atoms with E-state index in [9.17, 15) is 9.59 Å². The van der Waals surface area contributed by atoms with Crippen molar-refractivity contribution in [3.8, 4) is 11.3 Å². The SMILES string of the molecule is CCC(=O)Nc1ccc(C(C)NC(=O)c2c(-c3ccccc3)noc2C)cc1. The molecule has 2 aromatic carbocycles. The van der Waals surface area contributed by atoms with Crippen LogP contribution in [-0.2, 0) is 4.79 Å². The van der Waals surface area contributed by atoms with Crippen molar-refractivity contribution < 1.29 is 14.1 Å². The number of rotatable bonds is 6. The number of carbonyl (C=O) groups is 2. The van der Waals surface area contributed by atoms with E-state index in [0.717, 1.165) is 16.8 Å². The van der Waals surface area contributed by atoms with Gasteiger partial charge in [-0.05, 0) is 31.5 Å². The van der Waals surface area contributed by atoms with Gasteiger partial charge >= 0.3 is 0 Å². The second kappa shape index (κ2) is 8.52. The van der Waals surface area contributed by atoms with Gasteiger partial charge in [0.05, 0.1) is 6.04 Å². The number of nitrogens with zero attached hydrogens (tertiary/aromatic N) is 1. The third-order valence-corrected chi connectivity index (χ3v) is 4.50. The largest absolute Gasteiger partial charge is 0.360 e. The molecule has 0 radical (unpaired) electrons. The minimum absolute atomic E-state index is 0.0366. The lowest BCUT2D eigenvalue weighted by molar-refractivity contribution is -0.115. The highest BCUT2D eigenvalue weighted by Gasteiger charge is 2.23. The summed E-state index contributed by atoms with van der Waals surface area (Å²) in [6.45, 7) is 5.44. The smallest absolute Gasteiger partial charge is 0.257 e. The van der Waals surface area contributed by atoms with Gasteiger partial charge in [0.25, 0.3) is 5.91 Å². The highest BCUT2D eigenvalue weighted by atomic mass is 16.5. The van der Waals surface area contributed by atoms with Crippen LogP contribution < -0.4 is 10.6 Å². The lowest BCUT2D eigenvalue weighted by Crippen LogP contribution is -2.27. The molecule has 0 saturated heterocycles. The monoisotopic (exact) mass is 377 g/mol. The van der Waals surface area contributed by atoms with Gasteiger partial charge in [-0.25, -0.2) is 0 Å². The molecule has 0 aliphatic heterocycles. The van der Waals surface area contributed by atoms with E-state index in [2.05, 4.69) is 15.8 Å². The van der Waals surface area contributed by atoms with Crippen LogP contribution in [0.3, 0.4) is 0 Å². The van der Waals surface area contributed by atoms with E-state index in [4.69, 9.17) is 4.52 Å². The first-order valence-electron chi connectivity index (χ1n) is 9.22. The van der Waals surface area contributed by atoms with E-state index >= 15 is 0 Å². The minimum Gasteiger partial charge on any atom is -0.360 e. The van der Waals surface area contributed by atoms with Gasteiger partial charge < -0.3 is 15.2 Å². The second-order valence-corrected chi connectivity index (χ2v) is 6.55. The van der Waals surface area contributed by atoms with Gasteiger partial charge in [0, 0.05) is 17.7 Å². The summed E-state index contributed by atoms with van der Waals surface area (Å²) in [5, 5.41) is 9.86. The first kappa shape index (κ1) is 19.4. The van der Waals surface area contributed by atoms with E-state index < -0.39 is 0 Å². The standard InChI is InChI=1S/C22H23N3O3/c1-4-19(26)24-18-12-10-16(11-13-18)14(2)23-22(27)20-15(3)28-25-21(20)17-8-6-5-7-9-17/h5-14H,4H2,1-3H3,(H,23,27)(H,24,26). The number of anilines is 1. The highest BCUT2D eigenvalue weighted by molar-refractivity contribution is 6.01. The van der Waals surface area contributed by atoms with Crippen molar-refractivity contribution in [1.29, 1.82) is 0 Å². The average molecular weight is 377 g/mol. The van der Waals surface area contributed by atoms with Crippen LogP contribution >= 0.6 is 0 Å². The Morgan fingerprint density at radius 2 is 1.75 bits per heavy atom. The van der Waals surface area contributed by atoms with Crippen molar-refractivity contribution in [3.05, 3.63) is 71.5 Å². The van der Waals surface area contributed by atoms with Gasteiger partial charge in [-0.1, -0.05) is 54.5 Å². The first-order valence-corrected chi connectivity index (χ1v) is 9.22. The zero-order valence-corrected chi connectivity index (χ0v) is 16.2. The minimum atomic E-state index is -0.242. The summed E-state index contributed by atoms with van der Waals surface area (Å²) in [4.78, 5) is 24.4. The lowest BCUT2D eigenvalue weighted by atomic mass is 10.0. The Morgan fingerprint density at radius 1 is 1.07 bits per heavy atom. The molecule has 144 valence electrons. The molecule has 0 aliphatic rings. The Labute approximate surface area is 163 Å². The number of carbonyl (C=O) groups excluding carboxylic acids is 2. The maximum absolute atomic E-state index is 12.9. The molecule has 0 aliphatic carbocycles. The normalized spacial score (nSPS) is 11.7. The number of aromatic nitrogens is 1. The fraction of sp³-hybridized carbons (Fsp3) is 0.227. The summed E-state index contributed by atoms with van der Waals surface area (Å²) in [5.41, 5.74) is 3.45. The topological polar surface area (TPSA) is 84.2 Å². The van der Waals surface area contributed by atoms with Crippen LogP contribution in [0.5, 0.6) is 0 Å². The number of nitrogens with one attached hydrogen (secondary N) is 2. The van der Waals surface area contributed by atoms with Gasteiger partial charge in [0.15, 0.2) is 0 Å². The van der Waals surface area contributed by atoms with Gasteiger partial charge in [0.1, 0.15) is 17.0 Å². The molecule has 3 rings (SSSR count). The summed E-state index contributed by atoms with van der Waals surface area (Å²) in [6.07, 6.45) is 0.427. The van der Waals surface area contributed by atoms with Gasteiger partial charge in [-0.2, -0.15) is 0 Å². The molecule has 2 amide bonds. The fourth-order valence-electron chi connectivity index (χ4n) is 2.89. The Hall–Kier alpha value is -3.41. The second-order valence-electron chi connectivity index (χ2n) is 6.55. The summed E-state index contributed by atoms with van der Waals surface area (Å²) in [6, 6.07) is 16.7. The third-order valence-electron chi connectivity index (χ3n) is 4.50. The molecule has 3 aromatic rings. The predicted molar refractivity (Wildman–Crippen MR) is 108 cm³/mol. The van der Waals surface area contributed by atoms with Crippen LogP contribution in [0.2, 0.25) is 0 Å². The van der Waals surface area contributed by atoms with Crippen molar-refractivity contribution in [1.82, 2.24) is 10.5 Å². The number of amides is 2. The van der Waals surface area contributed by atoms with Crippen LogP contribution in [0.4, 0.5) is 5.69 Å². The molecule has 2 N–H and O–H groups in total. The van der Waals surface area contributed by atoms with Crippen LogP contribution in [-0.4, -0.2) is 17.0 Å².